The van der Waals surface area contributed by atoms with E-state index in [2.05, 4.69) is 16.0 Å². The van der Waals surface area contributed by atoms with E-state index in [0.29, 0.717) is 63.4 Å². The summed E-state index contributed by atoms with van der Waals surface area (Å²) in [5.74, 6) is -4.71. The Hall–Kier alpha value is -4.82. The average molecular weight is 753 g/mol. The molecule has 0 aromatic heterocycles. The van der Waals surface area contributed by atoms with Gasteiger partial charge in [-0.15, -0.1) is 0 Å². The van der Waals surface area contributed by atoms with Gasteiger partial charge in [-0.3, -0.25) is 28.8 Å². The molecule has 15 heteroatoms. The monoisotopic (exact) mass is 752 g/mol. The van der Waals surface area contributed by atoms with Gasteiger partial charge < -0.3 is 35.4 Å². The molecule has 294 valence electrons. The molecule has 0 unspecified atom stereocenters. The molecule has 1 aromatic carbocycles. The molecule has 1 aromatic rings. The molecule has 14 nitrogen and oxygen atoms in total. The van der Waals surface area contributed by atoms with Crippen LogP contribution in [0.4, 0.5) is 4.39 Å². The first-order chi connectivity index (χ1) is 25.9. The third kappa shape index (κ3) is 9.09. The Morgan fingerprint density at radius 2 is 1.69 bits per heavy atom. The van der Waals surface area contributed by atoms with Gasteiger partial charge in [0.1, 0.15) is 48.2 Å². The largest absolute Gasteiger partial charge is 0.461 e. The second-order valence-electron chi connectivity index (χ2n) is 14.8. The standard InChI is InChI=1S/C39H53FN6O8/c1-4-5-6-7-17-32(47)42-28(23-26-13-10-14-27(40)22-26)33(48)43-29-24-54-37(52)31-16-12-21-46(31)34(49)25(2)41-38(53)39(18-8-9-19-39)44(3)36(51)30-15-11-20-45(30)35(29)50/h7,10,13-14,17,22,25,28-31H,4-6,8-9,11-12,15-16,18-21,23-24H2,1-3H3,(H,41,53)(H,42,47)(H,43,48)/b17-7+/t25-,28-,29-,30+,31+/m0/s1. The summed E-state index contributed by atoms with van der Waals surface area (Å²) >= 11 is 0. The number of carbonyl (C=O) groups is 7. The molecule has 3 aliphatic heterocycles. The Morgan fingerprint density at radius 1 is 1.00 bits per heavy atom. The minimum atomic E-state index is -1.48. The summed E-state index contributed by atoms with van der Waals surface area (Å²) in [5, 5.41) is 8.16. The Balaban J connectivity index is 1.46. The molecule has 3 heterocycles. The van der Waals surface area contributed by atoms with Gasteiger partial charge in [0.15, 0.2) is 0 Å². The van der Waals surface area contributed by atoms with Crippen molar-refractivity contribution in [3.63, 3.8) is 0 Å². The minimum absolute atomic E-state index is 0.115. The van der Waals surface area contributed by atoms with Crippen molar-refractivity contribution in [2.24, 2.45) is 0 Å². The molecule has 3 N–H and O–H groups in total. The zero-order valence-electron chi connectivity index (χ0n) is 31.4. The Kier molecular flexibility index (Phi) is 13.5. The number of halogens is 1. The number of nitrogens with zero attached hydrogens (tertiary/aromatic N) is 3. The number of carbonyl (C=O) groups excluding carboxylic acids is 7. The van der Waals surface area contributed by atoms with Gasteiger partial charge in [0, 0.05) is 26.6 Å². The van der Waals surface area contributed by atoms with Crippen LogP contribution in [0.3, 0.4) is 0 Å². The highest BCUT2D eigenvalue weighted by Crippen LogP contribution is 2.37. The first kappa shape index (κ1) is 40.4. The van der Waals surface area contributed by atoms with Gasteiger partial charge in [-0.1, -0.05) is 50.8 Å². The average Bonchev–Trinajstić information content (AvgIpc) is 3.95. The molecule has 1 saturated carbocycles. The smallest absolute Gasteiger partial charge is 0.328 e. The highest BCUT2D eigenvalue weighted by molar-refractivity contribution is 5.99. The molecule has 4 aliphatic rings. The Bertz CT molecular complexity index is 1630. The van der Waals surface area contributed by atoms with Crippen molar-refractivity contribution in [1.82, 2.24) is 30.7 Å². The lowest BCUT2D eigenvalue weighted by atomic mass is 9.92. The Morgan fingerprint density at radius 3 is 2.37 bits per heavy atom. The number of likely N-dealkylation sites (N-methyl/N-ethyl adjacent to an activating group) is 1. The fraction of sp³-hybridized carbons (Fsp3) is 0.615. The lowest BCUT2D eigenvalue weighted by Crippen LogP contribution is -2.64. The number of nitrogens with one attached hydrogen (secondary N) is 3. The van der Waals surface area contributed by atoms with Crippen LogP contribution in [0.1, 0.15) is 90.0 Å². The van der Waals surface area contributed by atoms with Crippen molar-refractivity contribution in [2.75, 3.05) is 26.7 Å². The van der Waals surface area contributed by atoms with Gasteiger partial charge in [-0.25, -0.2) is 9.18 Å². The highest BCUT2D eigenvalue weighted by Gasteiger charge is 2.51. The van der Waals surface area contributed by atoms with E-state index in [1.807, 2.05) is 6.92 Å². The molecule has 0 radical (unpaired) electrons. The molecule has 3 saturated heterocycles. The maximum absolute atomic E-state index is 14.4. The van der Waals surface area contributed by atoms with Crippen molar-refractivity contribution < 1.29 is 42.7 Å². The number of fused-ring (bicyclic) bond motifs is 2. The minimum Gasteiger partial charge on any atom is -0.461 e. The molecular formula is C39H53FN6O8. The zero-order chi connectivity index (χ0) is 39.0. The second-order valence-corrected chi connectivity index (χ2v) is 14.8. The molecule has 5 atom stereocenters. The van der Waals surface area contributed by atoms with E-state index in [1.54, 1.807) is 26.1 Å². The summed E-state index contributed by atoms with van der Waals surface area (Å²) in [7, 11) is 1.55. The lowest BCUT2D eigenvalue weighted by Gasteiger charge is -2.41. The number of hydrogen-bond acceptors (Lipinski definition) is 8. The number of hydrogen-bond donors (Lipinski definition) is 3. The molecular weight excluding hydrogens is 699 g/mol. The molecule has 4 fully saturated rings. The van der Waals surface area contributed by atoms with Gasteiger partial charge in [0.05, 0.1) is 0 Å². The van der Waals surface area contributed by atoms with Crippen LogP contribution >= 0.6 is 0 Å². The third-order valence-electron chi connectivity index (χ3n) is 11.1. The number of unbranched alkanes of at least 4 members (excludes halogenated alkanes) is 2. The van der Waals surface area contributed by atoms with E-state index in [1.165, 1.54) is 39.0 Å². The van der Waals surface area contributed by atoms with E-state index < -0.39 is 89.6 Å². The third-order valence-corrected chi connectivity index (χ3v) is 11.1. The SMILES string of the molecule is CCCC/C=C/C(=O)N[C@@H](Cc1cccc(F)c1)C(=O)N[C@H]1COC(=O)[C@H]2CCCN2C(=O)[C@H](C)NC(=O)C2(CCCC2)N(C)C(=O)[C@H]2CCCN2C1=O. The summed E-state index contributed by atoms with van der Waals surface area (Å²) in [6, 6.07) is -0.0674. The van der Waals surface area contributed by atoms with E-state index in [0.717, 1.165) is 12.8 Å². The van der Waals surface area contributed by atoms with Crippen LogP contribution in [0.5, 0.6) is 0 Å². The number of allylic oxidation sites excluding steroid dienone is 1. The summed E-state index contributed by atoms with van der Waals surface area (Å²) in [6.07, 6.45) is 9.10. The maximum atomic E-state index is 14.4. The highest BCUT2D eigenvalue weighted by atomic mass is 19.1. The van der Waals surface area contributed by atoms with Gasteiger partial charge in [0.2, 0.25) is 35.4 Å². The zero-order valence-corrected chi connectivity index (χ0v) is 31.4. The molecule has 0 bridgehead atoms. The fourth-order valence-corrected chi connectivity index (χ4v) is 8.06. The van der Waals surface area contributed by atoms with Crippen LogP contribution in [-0.4, -0.2) is 119 Å². The number of rotatable bonds is 9. The number of cyclic esters (lactones) is 1. The quantitative estimate of drug-likeness (QED) is 0.195. The Labute approximate surface area is 315 Å². The number of esters is 1. The summed E-state index contributed by atoms with van der Waals surface area (Å²) in [5.41, 5.74) is -0.816. The van der Waals surface area contributed by atoms with E-state index in [9.17, 15) is 38.0 Å². The van der Waals surface area contributed by atoms with Crippen LogP contribution in [0.2, 0.25) is 0 Å². The number of amides is 6. The van der Waals surface area contributed by atoms with Crippen LogP contribution in [0.15, 0.2) is 36.4 Å². The van der Waals surface area contributed by atoms with Gasteiger partial charge >= 0.3 is 5.97 Å². The summed E-state index contributed by atoms with van der Waals surface area (Å²) in [6.45, 7) is 3.40. The van der Waals surface area contributed by atoms with Crippen LogP contribution < -0.4 is 16.0 Å². The normalized spacial score (nSPS) is 25.8. The number of benzene rings is 1. The molecule has 5 rings (SSSR count). The molecule has 1 aliphatic carbocycles. The van der Waals surface area contributed by atoms with Crippen molar-refractivity contribution in [1.29, 1.82) is 0 Å². The van der Waals surface area contributed by atoms with Gasteiger partial charge in [-0.05, 0) is 75.6 Å². The van der Waals surface area contributed by atoms with E-state index >= 15 is 0 Å². The van der Waals surface area contributed by atoms with E-state index in [-0.39, 0.29) is 19.5 Å². The van der Waals surface area contributed by atoms with Crippen molar-refractivity contribution >= 4 is 41.4 Å². The van der Waals surface area contributed by atoms with E-state index in [4.69, 9.17) is 4.74 Å². The predicted octanol–water partition coefficient (Wildman–Crippen LogP) is 1.90. The molecule has 1 spiro atoms. The molecule has 54 heavy (non-hydrogen) atoms. The topological polar surface area (TPSA) is 175 Å². The summed E-state index contributed by atoms with van der Waals surface area (Å²) < 4.78 is 19.8. The van der Waals surface area contributed by atoms with Crippen LogP contribution in [-0.2, 0) is 44.7 Å². The van der Waals surface area contributed by atoms with Crippen molar-refractivity contribution in [3.05, 3.63) is 47.8 Å². The predicted molar refractivity (Wildman–Crippen MR) is 195 cm³/mol. The first-order valence-corrected chi connectivity index (χ1v) is 19.2. The van der Waals surface area contributed by atoms with Crippen LogP contribution in [0.25, 0.3) is 0 Å². The molecule has 6 amide bonds. The lowest BCUT2D eigenvalue weighted by molar-refractivity contribution is -0.159. The summed E-state index contributed by atoms with van der Waals surface area (Å²) in [4.78, 5) is 101. The number of ether oxygens (including phenoxy) is 1. The van der Waals surface area contributed by atoms with Crippen molar-refractivity contribution in [3.8, 4) is 0 Å². The first-order valence-electron chi connectivity index (χ1n) is 19.2. The van der Waals surface area contributed by atoms with Crippen LogP contribution in [0, 0.1) is 5.82 Å². The van der Waals surface area contributed by atoms with Crippen molar-refractivity contribution in [2.45, 2.75) is 127 Å². The maximum Gasteiger partial charge on any atom is 0.328 e. The second kappa shape index (κ2) is 18.0. The van der Waals surface area contributed by atoms with Gasteiger partial charge in [0.25, 0.3) is 0 Å². The fourth-order valence-electron chi connectivity index (χ4n) is 8.06. The van der Waals surface area contributed by atoms with Gasteiger partial charge in [-0.2, -0.15) is 0 Å².